The maximum absolute atomic E-state index is 11.0. The van der Waals surface area contributed by atoms with Crippen molar-refractivity contribution >= 4 is 16.9 Å². The Morgan fingerprint density at radius 2 is 2.30 bits per heavy atom. The number of carbonyl (C=O) groups is 1. The molecule has 2 N–H and O–H groups in total. The third-order valence-electron chi connectivity index (χ3n) is 4.28. The summed E-state index contributed by atoms with van der Waals surface area (Å²) in [6, 6.07) is 6.40. The molecule has 0 radical (unpaired) electrons. The summed E-state index contributed by atoms with van der Waals surface area (Å²) in [5.41, 5.74) is 3.82. The van der Waals surface area contributed by atoms with E-state index >= 15 is 0 Å². The van der Waals surface area contributed by atoms with Crippen molar-refractivity contribution < 1.29 is 9.90 Å². The first-order valence-electron chi connectivity index (χ1n) is 7.22. The van der Waals surface area contributed by atoms with Gasteiger partial charge in [0.25, 0.3) is 0 Å². The van der Waals surface area contributed by atoms with Crippen LogP contribution in [0.25, 0.3) is 10.9 Å². The normalized spacial score (nSPS) is 19.8. The zero-order chi connectivity index (χ0) is 14.1. The maximum atomic E-state index is 11.0. The van der Waals surface area contributed by atoms with Crippen molar-refractivity contribution in [2.24, 2.45) is 5.92 Å². The quantitative estimate of drug-likeness (QED) is 0.899. The summed E-state index contributed by atoms with van der Waals surface area (Å²) in [6.07, 6.45) is 3.85. The van der Waals surface area contributed by atoms with Crippen molar-refractivity contribution in [2.75, 3.05) is 13.1 Å². The Kier molecular flexibility index (Phi) is 3.49. The van der Waals surface area contributed by atoms with Crippen LogP contribution in [0.15, 0.2) is 24.4 Å². The number of hydrogen-bond donors (Lipinski definition) is 2. The fraction of sp³-hybridized carbons (Fsp3) is 0.438. The molecule has 0 spiro atoms. The summed E-state index contributed by atoms with van der Waals surface area (Å²) in [6.45, 7) is 4.52. The zero-order valence-electron chi connectivity index (χ0n) is 11.7. The second-order valence-corrected chi connectivity index (χ2v) is 5.57. The van der Waals surface area contributed by atoms with Crippen molar-refractivity contribution in [1.29, 1.82) is 0 Å². The van der Waals surface area contributed by atoms with Gasteiger partial charge in [-0.2, -0.15) is 0 Å². The molecular formula is C16H20N2O2. The summed E-state index contributed by atoms with van der Waals surface area (Å²) in [7, 11) is 0. The number of benzene rings is 1. The summed E-state index contributed by atoms with van der Waals surface area (Å²) >= 11 is 0. The third-order valence-corrected chi connectivity index (χ3v) is 4.28. The maximum Gasteiger partial charge on any atom is 0.307 e. The summed E-state index contributed by atoms with van der Waals surface area (Å²) in [5.74, 6) is -0.869. The molecule has 106 valence electrons. The molecule has 4 heteroatoms. The van der Waals surface area contributed by atoms with Crippen LogP contribution in [-0.2, 0) is 17.8 Å². The number of aromatic nitrogens is 1. The van der Waals surface area contributed by atoms with Crippen LogP contribution in [0.5, 0.6) is 0 Å². The number of aryl methyl sites for hydroxylation is 1. The third kappa shape index (κ3) is 2.31. The molecule has 1 aromatic carbocycles. The molecule has 1 atom stereocenters. The van der Waals surface area contributed by atoms with Crippen molar-refractivity contribution in [1.82, 2.24) is 9.88 Å². The molecule has 1 fully saturated rings. The van der Waals surface area contributed by atoms with Gasteiger partial charge in [-0.25, -0.2) is 0 Å². The van der Waals surface area contributed by atoms with E-state index in [0.717, 1.165) is 25.9 Å². The molecule has 1 unspecified atom stereocenters. The highest BCUT2D eigenvalue weighted by atomic mass is 16.4. The highest BCUT2D eigenvalue weighted by molar-refractivity contribution is 5.86. The Labute approximate surface area is 118 Å². The van der Waals surface area contributed by atoms with Crippen LogP contribution in [0.1, 0.15) is 24.5 Å². The lowest BCUT2D eigenvalue weighted by Gasteiger charge is -2.14. The van der Waals surface area contributed by atoms with Gasteiger partial charge in [0.05, 0.1) is 5.92 Å². The molecular weight excluding hydrogens is 252 g/mol. The second kappa shape index (κ2) is 5.29. The molecule has 4 nitrogen and oxygen atoms in total. The number of aromatic amines is 1. The Morgan fingerprint density at radius 3 is 3.00 bits per heavy atom. The lowest BCUT2D eigenvalue weighted by atomic mass is 10.1. The summed E-state index contributed by atoms with van der Waals surface area (Å²) < 4.78 is 0. The molecule has 1 aliphatic rings. The van der Waals surface area contributed by atoms with Gasteiger partial charge in [-0.05, 0) is 30.5 Å². The fourth-order valence-electron chi connectivity index (χ4n) is 3.12. The number of para-hydroxylation sites is 1. The Balaban J connectivity index is 1.80. The Hall–Kier alpha value is -1.81. The number of hydrogen-bond acceptors (Lipinski definition) is 2. The summed E-state index contributed by atoms with van der Waals surface area (Å²) in [5, 5.41) is 10.3. The van der Waals surface area contributed by atoms with E-state index in [-0.39, 0.29) is 5.92 Å². The minimum Gasteiger partial charge on any atom is -0.481 e. The summed E-state index contributed by atoms with van der Waals surface area (Å²) in [4.78, 5) is 16.6. The van der Waals surface area contributed by atoms with Gasteiger partial charge < -0.3 is 10.1 Å². The lowest BCUT2D eigenvalue weighted by Crippen LogP contribution is -2.22. The van der Waals surface area contributed by atoms with Crippen LogP contribution in [0.4, 0.5) is 0 Å². The van der Waals surface area contributed by atoms with Gasteiger partial charge in [-0.15, -0.1) is 0 Å². The number of fused-ring (bicyclic) bond motifs is 1. The first-order valence-corrected chi connectivity index (χ1v) is 7.22. The van der Waals surface area contributed by atoms with Gasteiger partial charge in [0.1, 0.15) is 0 Å². The number of H-pyrrole nitrogens is 1. The average Bonchev–Trinajstić information content (AvgIpc) is 3.06. The largest absolute Gasteiger partial charge is 0.481 e. The van der Waals surface area contributed by atoms with Crippen LogP contribution in [0.3, 0.4) is 0 Å². The molecule has 3 rings (SSSR count). The number of likely N-dealkylation sites (tertiary alicyclic amines) is 1. The highest BCUT2D eigenvalue weighted by Crippen LogP contribution is 2.25. The van der Waals surface area contributed by atoms with Crippen molar-refractivity contribution in [3.63, 3.8) is 0 Å². The molecule has 1 aromatic heterocycles. The number of aliphatic carboxylic acids is 1. The molecule has 1 aliphatic heterocycles. The minimum absolute atomic E-state index is 0.202. The number of rotatable bonds is 4. The van der Waals surface area contributed by atoms with E-state index < -0.39 is 5.97 Å². The molecule has 1 saturated heterocycles. The van der Waals surface area contributed by atoms with Crippen molar-refractivity contribution in [2.45, 2.75) is 26.3 Å². The minimum atomic E-state index is -0.667. The van der Waals surface area contributed by atoms with Gasteiger partial charge in [0.15, 0.2) is 0 Å². The number of carboxylic acid groups (broad SMARTS) is 1. The number of carboxylic acids is 1. The molecule has 20 heavy (non-hydrogen) atoms. The van der Waals surface area contributed by atoms with Crippen LogP contribution >= 0.6 is 0 Å². The Bertz CT molecular complexity index is 632. The molecule has 0 saturated carbocycles. The Morgan fingerprint density at radius 1 is 1.45 bits per heavy atom. The molecule has 2 aromatic rings. The molecule has 0 amide bonds. The monoisotopic (exact) mass is 272 g/mol. The van der Waals surface area contributed by atoms with E-state index in [0.29, 0.717) is 6.54 Å². The number of nitrogens with zero attached hydrogens (tertiary/aromatic N) is 1. The zero-order valence-corrected chi connectivity index (χ0v) is 11.7. The smallest absolute Gasteiger partial charge is 0.307 e. The second-order valence-electron chi connectivity index (χ2n) is 5.57. The molecule has 0 bridgehead atoms. The van der Waals surface area contributed by atoms with Crippen molar-refractivity contribution in [3.05, 3.63) is 35.5 Å². The van der Waals surface area contributed by atoms with E-state index in [2.05, 4.69) is 41.2 Å². The van der Waals surface area contributed by atoms with Gasteiger partial charge in [0, 0.05) is 30.2 Å². The fourth-order valence-corrected chi connectivity index (χ4v) is 3.12. The van der Waals surface area contributed by atoms with Gasteiger partial charge in [0.2, 0.25) is 0 Å². The topological polar surface area (TPSA) is 56.3 Å². The van der Waals surface area contributed by atoms with E-state index in [1.807, 2.05) is 0 Å². The first-order chi connectivity index (χ1) is 9.69. The van der Waals surface area contributed by atoms with Crippen LogP contribution in [0.2, 0.25) is 0 Å². The van der Waals surface area contributed by atoms with Crippen LogP contribution in [-0.4, -0.2) is 34.0 Å². The van der Waals surface area contributed by atoms with Crippen LogP contribution < -0.4 is 0 Å². The van der Waals surface area contributed by atoms with Crippen LogP contribution in [0, 0.1) is 5.92 Å². The van der Waals surface area contributed by atoms with E-state index in [1.165, 1.54) is 22.0 Å². The average molecular weight is 272 g/mol. The van der Waals surface area contributed by atoms with Gasteiger partial charge in [-0.1, -0.05) is 25.1 Å². The van der Waals surface area contributed by atoms with E-state index in [1.54, 1.807) is 0 Å². The number of nitrogens with one attached hydrogen (secondary N) is 1. The van der Waals surface area contributed by atoms with Gasteiger partial charge >= 0.3 is 5.97 Å². The first kappa shape index (κ1) is 13.2. The predicted molar refractivity (Wildman–Crippen MR) is 78.7 cm³/mol. The van der Waals surface area contributed by atoms with E-state index in [4.69, 9.17) is 5.11 Å². The molecule has 0 aliphatic carbocycles. The standard InChI is InChI=1S/C16H20N2O2/c1-2-11-4-3-5-14-13(8-17-15(11)14)10-18-7-6-12(9-18)16(19)20/h3-5,8,12,17H,2,6-7,9-10H2,1H3,(H,19,20). The lowest BCUT2D eigenvalue weighted by molar-refractivity contribution is -0.141. The SMILES string of the molecule is CCc1cccc2c(CN3CCC(C(=O)O)C3)c[nH]c12. The molecule has 2 heterocycles. The predicted octanol–water partition coefficient (Wildman–Crippen LogP) is 2.64. The van der Waals surface area contributed by atoms with Gasteiger partial charge in [-0.3, -0.25) is 9.69 Å². The highest BCUT2D eigenvalue weighted by Gasteiger charge is 2.28. The van der Waals surface area contributed by atoms with Crippen molar-refractivity contribution in [3.8, 4) is 0 Å². The van der Waals surface area contributed by atoms with E-state index in [9.17, 15) is 4.79 Å².